The Morgan fingerprint density at radius 2 is 1.80 bits per heavy atom. The van der Waals surface area contributed by atoms with Gasteiger partial charge in [0, 0.05) is 35.9 Å². The topological polar surface area (TPSA) is 102 Å². The predicted octanol–water partition coefficient (Wildman–Crippen LogP) is 4.40. The lowest BCUT2D eigenvalue weighted by Gasteiger charge is -2.13. The molecule has 0 aliphatic carbocycles. The zero-order valence-electron chi connectivity index (χ0n) is 16.6. The van der Waals surface area contributed by atoms with Crippen molar-refractivity contribution in [2.75, 3.05) is 18.4 Å². The van der Waals surface area contributed by atoms with Gasteiger partial charge in [0.25, 0.3) is 11.6 Å². The van der Waals surface area contributed by atoms with Crippen LogP contribution in [-0.4, -0.2) is 33.7 Å². The number of carbonyl (C=O) groups excluding carboxylic acids is 1. The summed E-state index contributed by atoms with van der Waals surface area (Å²) in [6.45, 7) is 4.89. The van der Waals surface area contributed by atoms with Crippen molar-refractivity contribution < 1.29 is 9.72 Å². The van der Waals surface area contributed by atoms with E-state index in [4.69, 9.17) is 11.6 Å². The molecule has 1 heterocycles. The predicted molar refractivity (Wildman–Crippen MR) is 117 cm³/mol. The smallest absolute Gasteiger partial charge is 0.269 e. The molecule has 9 heteroatoms. The van der Waals surface area contributed by atoms with Crippen LogP contribution in [0.4, 0.5) is 11.4 Å². The minimum atomic E-state index is -0.444. The van der Waals surface area contributed by atoms with Gasteiger partial charge in [0.05, 0.1) is 28.1 Å². The summed E-state index contributed by atoms with van der Waals surface area (Å²) in [7, 11) is 0. The second-order valence-corrected chi connectivity index (χ2v) is 7.41. The summed E-state index contributed by atoms with van der Waals surface area (Å²) in [6, 6.07) is 13.4. The first-order valence-electron chi connectivity index (χ1n) is 9.47. The number of benzene rings is 2. The monoisotopic (exact) mass is 427 g/mol. The third kappa shape index (κ3) is 4.96. The number of aromatic nitrogens is 2. The Morgan fingerprint density at radius 1 is 1.13 bits per heavy atom. The third-order valence-electron chi connectivity index (χ3n) is 4.49. The first kappa shape index (κ1) is 21.3. The highest BCUT2D eigenvalue weighted by Crippen LogP contribution is 2.24. The van der Waals surface area contributed by atoms with Gasteiger partial charge in [-0.25, -0.2) is 4.68 Å². The molecule has 1 amide bonds. The van der Waals surface area contributed by atoms with Crippen LogP contribution in [0.1, 0.15) is 35.8 Å². The summed E-state index contributed by atoms with van der Waals surface area (Å²) in [5.41, 5.74) is 2.96. The largest absolute Gasteiger partial charge is 0.383 e. The SMILES string of the molecule is CC(C)c1c(C(=O)NCCNc2ccc([N+](=O)[O-])cc2)cnn1-c1ccc(Cl)cc1. The van der Waals surface area contributed by atoms with E-state index in [9.17, 15) is 14.9 Å². The van der Waals surface area contributed by atoms with Crippen LogP contribution in [0.25, 0.3) is 5.69 Å². The van der Waals surface area contributed by atoms with Crippen LogP contribution in [0.15, 0.2) is 54.7 Å². The molecule has 0 aliphatic rings. The molecule has 0 atom stereocenters. The molecule has 0 unspecified atom stereocenters. The Bertz CT molecular complexity index is 1030. The molecule has 0 aliphatic heterocycles. The Balaban J connectivity index is 1.62. The van der Waals surface area contributed by atoms with Gasteiger partial charge < -0.3 is 10.6 Å². The lowest BCUT2D eigenvalue weighted by molar-refractivity contribution is -0.384. The second-order valence-electron chi connectivity index (χ2n) is 6.97. The highest BCUT2D eigenvalue weighted by Gasteiger charge is 2.20. The molecule has 1 aromatic heterocycles. The molecule has 0 radical (unpaired) electrons. The summed E-state index contributed by atoms with van der Waals surface area (Å²) in [5.74, 6) is -0.119. The molecule has 8 nitrogen and oxygen atoms in total. The van der Waals surface area contributed by atoms with Gasteiger partial charge in [0.2, 0.25) is 0 Å². The van der Waals surface area contributed by atoms with Crippen molar-refractivity contribution in [3.8, 4) is 5.69 Å². The lowest BCUT2D eigenvalue weighted by Crippen LogP contribution is -2.29. The molecule has 0 saturated heterocycles. The van der Waals surface area contributed by atoms with E-state index in [1.807, 2.05) is 26.0 Å². The van der Waals surface area contributed by atoms with Crippen LogP contribution in [0.3, 0.4) is 0 Å². The lowest BCUT2D eigenvalue weighted by atomic mass is 10.1. The zero-order chi connectivity index (χ0) is 21.7. The van der Waals surface area contributed by atoms with Crippen LogP contribution in [0.5, 0.6) is 0 Å². The normalized spacial score (nSPS) is 10.8. The van der Waals surface area contributed by atoms with Gasteiger partial charge >= 0.3 is 0 Å². The Kier molecular flexibility index (Phi) is 6.68. The molecule has 30 heavy (non-hydrogen) atoms. The number of nitro benzene ring substituents is 1. The number of halogens is 1. The number of hydrogen-bond acceptors (Lipinski definition) is 5. The van der Waals surface area contributed by atoms with Gasteiger partial charge in [-0.05, 0) is 42.3 Å². The van der Waals surface area contributed by atoms with Gasteiger partial charge in [0.15, 0.2) is 0 Å². The molecule has 2 aromatic carbocycles. The Labute approximate surface area is 179 Å². The van der Waals surface area contributed by atoms with Crippen molar-refractivity contribution in [3.05, 3.63) is 81.1 Å². The van der Waals surface area contributed by atoms with Gasteiger partial charge in [0.1, 0.15) is 0 Å². The van der Waals surface area contributed by atoms with Crippen molar-refractivity contribution in [3.63, 3.8) is 0 Å². The van der Waals surface area contributed by atoms with Gasteiger partial charge in [-0.15, -0.1) is 0 Å². The van der Waals surface area contributed by atoms with E-state index < -0.39 is 4.92 Å². The molecule has 3 rings (SSSR count). The third-order valence-corrected chi connectivity index (χ3v) is 4.74. The fourth-order valence-corrected chi connectivity index (χ4v) is 3.18. The second kappa shape index (κ2) is 9.41. The molecular weight excluding hydrogens is 406 g/mol. The van der Waals surface area contributed by atoms with E-state index in [2.05, 4.69) is 15.7 Å². The fraction of sp³-hybridized carbons (Fsp3) is 0.238. The number of anilines is 1. The van der Waals surface area contributed by atoms with Crippen molar-refractivity contribution >= 4 is 28.9 Å². The van der Waals surface area contributed by atoms with E-state index in [-0.39, 0.29) is 17.5 Å². The highest BCUT2D eigenvalue weighted by atomic mass is 35.5. The average Bonchev–Trinajstić information content (AvgIpc) is 3.17. The number of hydrogen-bond donors (Lipinski definition) is 2. The number of nitro groups is 1. The minimum Gasteiger partial charge on any atom is -0.383 e. The van der Waals surface area contributed by atoms with E-state index in [1.165, 1.54) is 12.1 Å². The quantitative estimate of drug-likeness (QED) is 0.315. The summed E-state index contributed by atoms with van der Waals surface area (Å²) in [4.78, 5) is 23.0. The minimum absolute atomic E-state index is 0.0350. The summed E-state index contributed by atoms with van der Waals surface area (Å²) in [6.07, 6.45) is 1.57. The average molecular weight is 428 g/mol. The van der Waals surface area contributed by atoms with Crippen LogP contribution in [-0.2, 0) is 0 Å². The van der Waals surface area contributed by atoms with Gasteiger partial charge in [-0.1, -0.05) is 25.4 Å². The summed E-state index contributed by atoms with van der Waals surface area (Å²) in [5, 5.41) is 21.7. The Hall–Kier alpha value is -3.39. The summed E-state index contributed by atoms with van der Waals surface area (Å²) < 4.78 is 1.75. The molecule has 0 bridgehead atoms. The van der Waals surface area contributed by atoms with Crippen LogP contribution in [0, 0.1) is 10.1 Å². The number of amides is 1. The van der Waals surface area contributed by atoms with E-state index in [1.54, 1.807) is 35.1 Å². The maximum absolute atomic E-state index is 12.7. The van der Waals surface area contributed by atoms with E-state index in [0.717, 1.165) is 17.1 Å². The fourth-order valence-electron chi connectivity index (χ4n) is 3.06. The van der Waals surface area contributed by atoms with Crippen molar-refractivity contribution in [1.82, 2.24) is 15.1 Å². The van der Waals surface area contributed by atoms with Gasteiger partial charge in [-0.3, -0.25) is 14.9 Å². The Morgan fingerprint density at radius 3 is 2.40 bits per heavy atom. The molecule has 156 valence electrons. The molecular formula is C21H22ClN5O3. The summed E-state index contributed by atoms with van der Waals surface area (Å²) >= 11 is 5.96. The maximum Gasteiger partial charge on any atom is 0.269 e. The molecule has 3 aromatic rings. The standard InChI is InChI=1S/C21H22ClN5O3/c1-14(2)20-19(13-25-26(20)17-7-3-15(22)4-8-17)21(28)24-12-11-23-16-5-9-18(10-6-16)27(29)30/h3-10,13-14,23H,11-12H2,1-2H3,(H,24,28). The number of non-ortho nitro benzene ring substituents is 1. The maximum atomic E-state index is 12.7. The van der Waals surface area contributed by atoms with E-state index in [0.29, 0.717) is 23.7 Å². The van der Waals surface area contributed by atoms with Crippen molar-refractivity contribution in [2.24, 2.45) is 0 Å². The van der Waals surface area contributed by atoms with Crippen LogP contribution in [0.2, 0.25) is 5.02 Å². The first-order valence-corrected chi connectivity index (χ1v) is 9.85. The molecule has 0 spiro atoms. The zero-order valence-corrected chi connectivity index (χ0v) is 17.4. The van der Waals surface area contributed by atoms with Crippen molar-refractivity contribution in [2.45, 2.75) is 19.8 Å². The highest BCUT2D eigenvalue weighted by molar-refractivity contribution is 6.30. The number of nitrogens with one attached hydrogen (secondary N) is 2. The molecule has 2 N–H and O–H groups in total. The van der Waals surface area contributed by atoms with E-state index >= 15 is 0 Å². The molecule has 0 saturated carbocycles. The van der Waals surface area contributed by atoms with Gasteiger partial charge in [-0.2, -0.15) is 5.10 Å². The number of rotatable bonds is 8. The number of carbonyl (C=O) groups is 1. The number of nitrogens with zero attached hydrogens (tertiary/aromatic N) is 3. The van der Waals surface area contributed by atoms with Crippen molar-refractivity contribution in [1.29, 1.82) is 0 Å². The molecule has 0 fully saturated rings. The van der Waals surface area contributed by atoms with Crippen LogP contribution < -0.4 is 10.6 Å². The van der Waals surface area contributed by atoms with Crippen LogP contribution >= 0.6 is 11.6 Å². The first-order chi connectivity index (χ1) is 14.4.